The van der Waals surface area contributed by atoms with E-state index in [2.05, 4.69) is 9.80 Å². The summed E-state index contributed by atoms with van der Waals surface area (Å²) in [6, 6.07) is 0. The number of amides is 1. The van der Waals surface area contributed by atoms with Gasteiger partial charge in [0.25, 0.3) is 5.91 Å². The smallest absolute Gasteiger partial charge is 0.264 e. The summed E-state index contributed by atoms with van der Waals surface area (Å²) in [6.45, 7) is 9.32. The minimum absolute atomic E-state index is 0.234. The van der Waals surface area contributed by atoms with Gasteiger partial charge >= 0.3 is 0 Å². The first-order valence-electron chi connectivity index (χ1n) is 8.48. The van der Waals surface area contributed by atoms with Crippen LogP contribution < -0.4 is 5.48 Å². The molecule has 0 bridgehead atoms. The zero-order chi connectivity index (χ0) is 17.5. The summed E-state index contributed by atoms with van der Waals surface area (Å²) in [5.74, 6) is -0.802. The summed E-state index contributed by atoms with van der Waals surface area (Å²) < 4.78 is 22.5. The molecule has 2 heterocycles. The first kappa shape index (κ1) is 20.3. The van der Waals surface area contributed by atoms with Crippen LogP contribution in [0.15, 0.2) is 0 Å². The summed E-state index contributed by atoms with van der Waals surface area (Å²) in [5.41, 5.74) is 1.53. The Morgan fingerprint density at radius 1 is 1.04 bits per heavy atom. The fourth-order valence-corrected chi connectivity index (χ4v) is 4.60. The van der Waals surface area contributed by atoms with Gasteiger partial charge in [-0.2, -0.15) is 0 Å². The largest absolute Gasteiger partial charge is 0.302 e. The molecule has 7 nitrogen and oxygen atoms in total. The van der Waals surface area contributed by atoms with E-state index in [0.29, 0.717) is 13.1 Å². The Morgan fingerprint density at radius 2 is 1.48 bits per heavy atom. The van der Waals surface area contributed by atoms with E-state index in [1.807, 2.05) is 13.8 Å². The third-order valence-electron chi connectivity index (χ3n) is 4.82. The molecule has 136 valence electrons. The number of piperidine rings is 1. The maximum atomic E-state index is 12.0. The molecule has 0 aromatic carbocycles. The van der Waals surface area contributed by atoms with Crippen molar-refractivity contribution in [2.75, 3.05) is 45.5 Å². The van der Waals surface area contributed by atoms with E-state index in [9.17, 15) is 13.2 Å². The number of nitrogens with one attached hydrogen (secondary N) is 1. The van der Waals surface area contributed by atoms with E-state index in [1.165, 1.54) is 18.3 Å². The lowest BCUT2D eigenvalue weighted by Gasteiger charge is -2.39. The minimum atomic E-state index is -3.56. The van der Waals surface area contributed by atoms with E-state index in [1.54, 1.807) is 0 Å². The van der Waals surface area contributed by atoms with Gasteiger partial charge in [-0.05, 0) is 38.8 Å². The molecule has 2 rings (SSSR count). The molecule has 2 saturated heterocycles. The number of sulfone groups is 1. The van der Waals surface area contributed by atoms with Crippen LogP contribution in [0, 0.1) is 0 Å². The predicted octanol–water partition coefficient (Wildman–Crippen LogP) is 0.493. The number of rotatable bonds is 5. The molecule has 2 N–H and O–H groups in total. The van der Waals surface area contributed by atoms with Gasteiger partial charge < -0.3 is 9.80 Å². The molecule has 2 aliphatic heterocycles. The van der Waals surface area contributed by atoms with Crippen LogP contribution in [0.3, 0.4) is 0 Å². The van der Waals surface area contributed by atoms with Crippen LogP contribution in [0.25, 0.3) is 0 Å². The average molecular weight is 349 g/mol. The second kappa shape index (κ2) is 8.96. The molecule has 1 amide bonds. The van der Waals surface area contributed by atoms with Gasteiger partial charge in [0, 0.05) is 32.4 Å². The number of likely N-dealkylation sites (tertiary alicyclic amines) is 2. The standard InChI is InChI=1S/C13H25N3O4S.C2H6/c1-21(19,20)13(12(17)14-18)4-8-16(9-5-13)11-10-15-6-2-3-7-15;1-2/h18H,2-11H2,1H3,(H,14,17);1-2H3. The number of carbonyl (C=O) groups excluding carboxylic acids is 1. The minimum Gasteiger partial charge on any atom is -0.302 e. The third-order valence-corrected chi connectivity index (χ3v) is 6.83. The van der Waals surface area contributed by atoms with Crippen LogP contribution in [0.5, 0.6) is 0 Å². The number of hydrogen-bond donors (Lipinski definition) is 2. The Labute approximate surface area is 139 Å². The second-order valence-electron chi connectivity index (χ2n) is 6.10. The molecule has 8 heteroatoms. The van der Waals surface area contributed by atoms with Crippen LogP contribution in [0.2, 0.25) is 0 Å². The summed E-state index contributed by atoms with van der Waals surface area (Å²) >= 11 is 0. The maximum Gasteiger partial charge on any atom is 0.264 e. The zero-order valence-corrected chi connectivity index (χ0v) is 15.4. The lowest BCUT2D eigenvalue weighted by atomic mass is 9.95. The van der Waals surface area contributed by atoms with Crippen molar-refractivity contribution in [2.24, 2.45) is 0 Å². The second-order valence-corrected chi connectivity index (χ2v) is 8.42. The van der Waals surface area contributed by atoms with Gasteiger partial charge in [0.2, 0.25) is 0 Å². The fraction of sp³-hybridized carbons (Fsp3) is 0.933. The van der Waals surface area contributed by atoms with Gasteiger partial charge in [-0.1, -0.05) is 13.8 Å². The van der Waals surface area contributed by atoms with E-state index < -0.39 is 20.5 Å². The molecule has 2 fully saturated rings. The Balaban J connectivity index is 0.00000127. The van der Waals surface area contributed by atoms with Crippen LogP contribution >= 0.6 is 0 Å². The predicted molar refractivity (Wildman–Crippen MR) is 90.2 cm³/mol. The van der Waals surface area contributed by atoms with Crippen molar-refractivity contribution in [3.05, 3.63) is 0 Å². The molecule has 0 aliphatic carbocycles. The van der Waals surface area contributed by atoms with Gasteiger partial charge in [-0.3, -0.25) is 10.0 Å². The van der Waals surface area contributed by atoms with Gasteiger partial charge in [0.1, 0.15) is 0 Å². The Kier molecular flexibility index (Phi) is 7.93. The van der Waals surface area contributed by atoms with Crippen LogP contribution in [0.1, 0.15) is 39.5 Å². The molecule has 0 aromatic heterocycles. The molecule has 0 spiro atoms. The van der Waals surface area contributed by atoms with Crippen LogP contribution in [-0.2, 0) is 14.6 Å². The van der Waals surface area contributed by atoms with Gasteiger partial charge in [0.15, 0.2) is 14.6 Å². The Hall–Kier alpha value is -0.700. The van der Waals surface area contributed by atoms with Crippen molar-refractivity contribution in [1.82, 2.24) is 15.3 Å². The topological polar surface area (TPSA) is 89.9 Å². The van der Waals surface area contributed by atoms with Crippen molar-refractivity contribution in [2.45, 2.75) is 44.3 Å². The number of hydrogen-bond acceptors (Lipinski definition) is 6. The van der Waals surface area contributed by atoms with E-state index in [-0.39, 0.29) is 12.8 Å². The highest BCUT2D eigenvalue weighted by Crippen LogP contribution is 2.30. The normalized spacial score (nSPS) is 22.3. The quantitative estimate of drug-likeness (QED) is 0.555. The van der Waals surface area contributed by atoms with Crippen molar-refractivity contribution >= 4 is 15.7 Å². The molecule has 0 aromatic rings. The van der Waals surface area contributed by atoms with Gasteiger partial charge in [-0.25, -0.2) is 13.9 Å². The van der Waals surface area contributed by atoms with Crippen LogP contribution in [-0.4, -0.2) is 79.6 Å². The highest BCUT2D eigenvalue weighted by atomic mass is 32.2. The molecule has 0 atom stereocenters. The van der Waals surface area contributed by atoms with Crippen molar-refractivity contribution < 1.29 is 18.4 Å². The summed E-state index contributed by atoms with van der Waals surface area (Å²) in [7, 11) is -3.56. The molecule has 0 unspecified atom stereocenters. The van der Waals surface area contributed by atoms with E-state index >= 15 is 0 Å². The first-order valence-corrected chi connectivity index (χ1v) is 10.4. The van der Waals surface area contributed by atoms with Crippen molar-refractivity contribution in [3.8, 4) is 0 Å². The molecule has 2 aliphatic rings. The molecular formula is C15H31N3O4S. The molecule has 0 radical (unpaired) electrons. The summed E-state index contributed by atoms with van der Waals surface area (Å²) in [4.78, 5) is 16.5. The fourth-order valence-electron chi connectivity index (χ4n) is 3.30. The Bertz CT molecular complexity index is 467. The average Bonchev–Trinajstić information content (AvgIpc) is 3.07. The van der Waals surface area contributed by atoms with E-state index in [0.717, 1.165) is 32.4 Å². The maximum absolute atomic E-state index is 12.0. The Morgan fingerprint density at radius 3 is 1.87 bits per heavy atom. The third kappa shape index (κ3) is 4.89. The van der Waals surface area contributed by atoms with Crippen molar-refractivity contribution in [1.29, 1.82) is 0 Å². The van der Waals surface area contributed by atoms with Gasteiger partial charge in [0.05, 0.1) is 0 Å². The summed E-state index contributed by atoms with van der Waals surface area (Å²) in [6.07, 6.45) is 4.06. The molecule has 0 saturated carbocycles. The van der Waals surface area contributed by atoms with Gasteiger partial charge in [-0.15, -0.1) is 0 Å². The number of hydroxylamine groups is 1. The number of carbonyl (C=O) groups is 1. The molecule has 23 heavy (non-hydrogen) atoms. The zero-order valence-electron chi connectivity index (χ0n) is 14.5. The highest BCUT2D eigenvalue weighted by molar-refractivity contribution is 7.92. The number of nitrogens with zero attached hydrogens (tertiary/aromatic N) is 2. The monoisotopic (exact) mass is 349 g/mol. The highest BCUT2D eigenvalue weighted by Gasteiger charge is 2.49. The lowest BCUT2D eigenvalue weighted by molar-refractivity contribution is -0.133. The van der Waals surface area contributed by atoms with E-state index in [4.69, 9.17) is 5.21 Å². The molecular weight excluding hydrogens is 318 g/mol. The van der Waals surface area contributed by atoms with Crippen molar-refractivity contribution in [3.63, 3.8) is 0 Å². The summed E-state index contributed by atoms with van der Waals surface area (Å²) in [5, 5.41) is 8.84. The first-order chi connectivity index (χ1) is 10.9. The van der Waals surface area contributed by atoms with Crippen LogP contribution in [0.4, 0.5) is 0 Å². The SMILES string of the molecule is CC.CS(=O)(=O)C1(C(=O)NO)CCN(CCN2CCCC2)CC1. The lowest BCUT2D eigenvalue weighted by Crippen LogP contribution is -2.57.